The largest absolute Gasteiger partial charge is 0.324 e. The monoisotopic (exact) mass is 264 g/mol. The Morgan fingerprint density at radius 3 is 2.72 bits per heavy atom. The Balaban J connectivity index is 2.08. The molecule has 4 nitrogen and oxygen atoms in total. The predicted octanol–water partition coefficient (Wildman–Crippen LogP) is 1.93. The molecule has 96 valence electrons. The van der Waals surface area contributed by atoms with Crippen molar-refractivity contribution in [3.63, 3.8) is 0 Å². The van der Waals surface area contributed by atoms with Gasteiger partial charge in [0.1, 0.15) is 6.04 Å². The van der Waals surface area contributed by atoms with Crippen molar-refractivity contribution in [1.82, 2.24) is 4.90 Å². The molecule has 0 radical (unpaired) electrons. The van der Waals surface area contributed by atoms with E-state index < -0.39 is 6.04 Å². The van der Waals surface area contributed by atoms with Crippen LogP contribution < -0.4 is 5.32 Å². The van der Waals surface area contributed by atoms with E-state index in [0.29, 0.717) is 5.75 Å². The lowest BCUT2D eigenvalue weighted by molar-refractivity contribution is -0.130. The van der Waals surface area contributed by atoms with Gasteiger partial charge in [-0.2, -0.15) is 0 Å². The third kappa shape index (κ3) is 2.51. The van der Waals surface area contributed by atoms with Crippen LogP contribution in [0.3, 0.4) is 0 Å². The van der Waals surface area contributed by atoms with Crippen LogP contribution in [-0.2, 0) is 9.59 Å². The van der Waals surface area contributed by atoms with Crippen molar-refractivity contribution in [3.8, 4) is 0 Å². The molecule has 0 spiro atoms. The Morgan fingerprint density at radius 2 is 2.11 bits per heavy atom. The molecule has 1 N–H and O–H groups in total. The normalized spacial score (nSPS) is 21.7. The van der Waals surface area contributed by atoms with Gasteiger partial charge in [0, 0.05) is 11.4 Å². The van der Waals surface area contributed by atoms with Crippen molar-refractivity contribution >= 4 is 29.8 Å². The average Bonchev–Trinajstić information content (AvgIpc) is 2.65. The number of nitrogens with one attached hydrogen (secondary N) is 1. The number of nitrogens with zero attached hydrogens (tertiary/aromatic N) is 1. The molecule has 1 aromatic rings. The molecule has 0 aromatic heterocycles. The lowest BCUT2D eigenvalue weighted by atomic mass is 10.2. The Hall–Kier alpha value is -1.49. The number of anilines is 1. The molecule has 1 saturated heterocycles. The SMILES string of the molecule is CC1(C)SC[C@@H](C(=O)Nc2ccccc2)N1C=O. The zero-order chi connectivity index (χ0) is 13.2. The smallest absolute Gasteiger partial charge is 0.248 e. The molecule has 1 fully saturated rings. The summed E-state index contributed by atoms with van der Waals surface area (Å²) < 4.78 is 0. The van der Waals surface area contributed by atoms with Crippen LogP contribution in [0.15, 0.2) is 30.3 Å². The topological polar surface area (TPSA) is 49.4 Å². The van der Waals surface area contributed by atoms with E-state index in [9.17, 15) is 9.59 Å². The molecule has 0 aliphatic carbocycles. The fourth-order valence-corrected chi connectivity index (χ4v) is 3.16. The molecule has 1 aliphatic heterocycles. The number of rotatable bonds is 3. The first-order valence-corrected chi connectivity index (χ1v) is 6.77. The summed E-state index contributed by atoms with van der Waals surface area (Å²) in [6, 6.07) is 8.87. The van der Waals surface area contributed by atoms with Crippen LogP contribution in [0.1, 0.15) is 13.8 Å². The van der Waals surface area contributed by atoms with Gasteiger partial charge in [0.05, 0.1) is 4.87 Å². The first kappa shape index (κ1) is 13.0. The zero-order valence-electron chi connectivity index (χ0n) is 10.4. The standard InChI is InChI=1S/C13H16N2O2S/c1-13(2)15(9-16)11(8-18-13)12(17)14-10-6-4-3-5-7-10/h3-7,9,11H,8H2,1-2H3,(H,14,17)/t11-/m0/s1. The number of carbonyl (C=O) groups excluding carboxylic acids is 2. The molecule has 1 atom stereocenters. The van der Waals surface area contributed by atoms with E-state index in [4.69, 9.17) is 0 Å². The van der Waals surface area contributed by atoms with Gasteiger partial charge >= 0.3 is 0 Å². The number of carbonyl (C=O) groups is 2. The highest BCUT2D eigenvalue weighted by molar-refractivity contribution is 8.00. The molecular weight excluding hydrogens is 248 g/mol. The van der Waals surface area contributed by atoms with Crippen molar-refractivity contribution in [2.45, 2.75) is 24.8 Å². The molecule has 18 heavy (non-hydrogen) atoms. The molecule has 1 aromatic carbocycles. The fraction of sp³-hybridized carbons (Fsp3) is 0.385. The van der Waals surface area contributed by atoms with Gasteiger partial charge in [0.2, 0.25) is 12.3 Å². The quantitative estimate of drug-likeness (QED) is 0.849. The molecule has 1 aliphatic rings. The summed E-state index contributed by atoms with van der Waals surface area (Å²) in [4.78, 5) is 24.5. The molecule has 0 unspecified atom stereocenters. The summed E-state index contributed by atoms with van der Waals surface area (Å²) in [5, 5.41) is 2.83. The lowest BCUT2D eigenvalue weighted by Crippen LogP contribution is -2.47. The predicted molar refractivity (Wildman–Crippen MR) is 73.3 cm³/mol. The molecule has 2 amide bonds. The summed E-state index contributed by atoms with van der Waals surface area (Å²) in [5.74, 6) is 0.496. The number of hydrogen-bond acceptors (Lipinski definition) is 3. The average molecular weight is 264 g/mol. The van der Waals surface area contributed by atoms with Gasteiger partial charge in [0.15, 0.2) is 0 Å². The molecular formula is C13H16N2O2S. The molecule has 0 saturated carbocycles. The minimum Gasteiger partial charge on any atom is -0.324 e. The van der Waals surface area contributed by atoms with Crippen LogP contribution in [0.4, 0.5) is 5.69 Å². The fourth-order valence-electron chi connectivity index (χ4n) is 1.96. The molecule has 1 heterocycles. The number of hydrogen-bond donors (Lipinski definition) is 1. The van der Waals surface area contributed by atoms with Crippen LogP contribution in [-0.4, -0.2) is 33.9 Å². The van der Waals surface area contributed by atoms with Crippen molar-refractivity contribution in [2.75, 3.05) is 11.1 Å². The van der Waals surface area contributed by atoms with E-state index in [1.54, 1.807) is 16.7 Å². The van der Waals surface area contributed by atoms with Gasteiger partial charge in [-0.3, -0.25) is 9.59 Å². The number of amides is 2. The van der Waals surface area contributed by atoms with E-state index in [1.807, 2.05) is 44.2 Å². The van der Waals surface area contributed by atoms with Gasteiger partial charge in [0.25, 0.3) is 0 Å². The highest BCUT2D eigenvalue weighted by Gasteiger charge is 2.42. The maximum absolute atomic E-state index is 12.1. The Bertz CT molecular complexity index is 448. The Labute approximate surface area is 111 Å². The van der Waals surface area contributed by atoms with E-state index in [1.165, 1.54) is 0 Å². The summed E-state index contributed by atoms with van der Waals surface area (Å²) in [5.41, 5.74) is 0.753. The van der Waals surface area contributed by atoms with Crippen LogP contribution in [0.2, 0.25) is 0 Å². The molecule has 0 bridgehead atoms. The van der Waals surface area contributed by atoms with Gasteiger partial charge in [-0.1, -0.05) is 18.2 Å². The molecule has 2 rings (SSSR count). The highest BCUT2D eigenvalue weighted by atomic mass is 32.2. The van der Waals surface area contributed by atoms with E-state index >= 15 is 0 Å². The number of benzene rings is 1. The second kappa shape index (κ2) is 5.02. The summed E-state index contributed by atoms with van der Waals surface area (Å²) in [6.45, 7) is 3.89. The van der Waals surface area contributed by atoms with Crippen molar-refractivity contribution in [3.05, 3.63) is 30.3 Å². The minimum absolute atomic E-state index is 0.133. The van der Waals surface area contributed by atoms with E-state index in [2.05, 4.69) is 5.32 Å². The van der Waals surface area contributed by atoms with Crippen molar-refractivity contribution in [1.29, 1.82) is 0 Å². The first-order chi connectivity index (χ1) is 8.54. The van der Waals surface area contributed by atoms with Crippen LogP contribution in [0.25, 0.3) is 0 Å². The van der Waals surface area contributed by atoms with E-state index in [-0.39, 0.29) is 10.8 Å². The second-order valence-electron chi connectivity index (χ2n) is 4.64. The van der Waals surface area contributed by atoms with E-state index in [0.717, 1.165) is 12.1 Å². The lowest BCUT2D eigenvalue weighted by Gasteiger charge is -2.30. The third-order valence-corrected chi connectivity index (χ3v) is 4.41. The Morgan fingerprint density at radius 1 is 1.44 bits per heavy atom. The van der Waals surface area contributed by atoms with Gasteiger partial charge in [-0.05, 0) is 26.0 Å². The van der Waals surface area contributed by atoms with Crippen molar-refractivity contribution < 1.29 is 9.59 Å². The maximum Gasteiger partial charge on any atom is 0.248 e. The van der Waals surface area contributed by atoms with Gasteiger partial charge in [-0.15, -0.1) is 11.8 Å². The van der Waals surface area contributed by atoms with Crippen LogP contribution in [0.5, 0.6) is 0 Å². The Kier molecular flexibility index (Phi) is 3.61. The molecule has 5 heteroatoms. The van der Waals surface area contributed by atoms with Gasteiger partial charge in [-0.25, -0.2) is 0 Å². The zero-order valence-corrected chi connectivity index (χ0v) is 11.2. The first-order valence-electron chi connectivity index (χ1n) is 5.78. The minimum atomic E-state index is -0.400. The van der Waals surface area contributed by atoms with Crippen LogP contribution in [0, 0.1) is 0 Å². The summed E-state index contributed by atoms with van der Waals surface area (Å²) >= 11 is 1.61. The summed E-state index contributed by atoms with van der Waals surface area (Å²) in [6.07, 6.45) is 0.759. The van der Waals surface area contributed by atoms with Crippen molar-refractivity contribution in [2.24, 2.45) is 0 Å². The number of thioether (sulfide) groups is 1. The maximum atomic E-state index is 12.1. The van der Waals surface area contributed by atoms with Crippen LogP contribution >= 0.6 is 11.8 Å². The second-order valence-corrected chi connectivity index (χ2v) is 6.26. The highest BCUT2D eigenvalue weighted by Crippen LogP contribution is 2.37. The third-order valence-electron chi connectivity index (χ3n) is 3.01. The number of para-hydroxylation sites is 1. The van der Waals surface area contributed by atoms with Gasteiger partial charge < -0.3 is 10.2 Å². The summed E-state index contributed by atoms with van der Waals surface area (Å²) in [7, 11) is 0.